The largest absolute Gasteiger partial charge is 0.398 e. The van der Waals surface area contributed by atoms with E-state index in [4.69, 9.17) is 17.3 Å². The number of H-pyrrole nitrogens is 1. The van der Waals surface area contributed by atoms with Gasteiger partial charge in [-0.3, -0.25) is 0 Å². The second kappa shape index (κ2) is 4.97. The van der Waals surface area contributed by atoms with Crippen LogP contribution >= 0.6 is 11.6 Å². The lowest BCUT2D eigenvalue weighted by Gasteiger charge is -2.08. The molecule has 2 rings (SSSR count). The lowest BCUT2D eigenvalue weighted by molar-refractivity contribution is 0.581. The van der Waals surface area contributed by atoms with Gasteiger partial charge in [-0.1, -0.05) is 11.6 Å². The number of anilines is 1. The maximum Gasteiger partial charge on any atom is 0.243 e. The maximum absolute atomic E-state index is 12.0. The molecule has 0 bridgehead atoms. The highest BCUT2D eigenvalue weighted by molar-refractivity contribution is 7.89. The number of sulfonamides is 1. The standard InChI is InChI=1S/C10H11ClN4O2S/c11-7-1-2-9(12)10(3-7)18(16,17)15-5-8-4-13-6-14-8/h1-4,6,15H,5,12H2,(H,13,14). The molecule has 1 heterocycles. The molecule has 0 spiro atoms. The molecule has 1 aromatic carbocycles. The molecule has 96 valence electrons. The fraction of sp³-hybridized carbons (Fsp3) is 0.100. The molecule has 0 atom stereocenters. The number of nitrogens with two attached hydrogens (primary N) is 1. The lowest BCUT2D eigenvalue weighted by Crippen LogP contribution is -2.24. The summed E-state index contributed by atoms with van der Waals surface area (Å²) in [7, 11) is -3.70. The van der Waals surface area contributed by atoms with E-state index in [1.54, 1.807) is 0 Å². The van der Waals surface area contributed by atoms with Crippen LogP contribution in [0, 0.1) is 0 Å². The smallest absolute Gasteiger partial charge is 0.243 e. The number of nitrogens with one attached hydrogen (secondary N) is 2. The van der Waals surface area contributed by atoms with Crippen molar-refractivity contribution >= 4 is 27.3 Å². The van der Waals surface area contributed by atoms with E-state index in [9.17, 15) is 8.42 Å². The molecule has 0 aliphatic rings. The van der Waals surface area contributed by atoms with Crippen molar-refractivity contribution in [2.24, 2.45) is 0 Å². The summed E-state index contributed by atoms with van der Waals surface area (Å²) in [6.45, 7) is 0.105. The van der Waals surface area contributed by atoms with E-state index >= 15 is 0 Å². The topological polar surface area (TPSA) is 101 Å². The monoisotopic (exact) mass is 286 g/mol. The summed E-state index contributed by atoms with van der Waals surface area (Å²) in [5, 5.41) is 0.311. The van der Waals surface area contributed by atoms with Crippen LogP contribution in [0.3, 0.4) is 0 Å². The third-order valence-corrected chi connectivity index (χ3v) is 3.96. The van der Waals surface area contributed by atoms with Gasteiger partial charge in [0.2, 0.25) is 10.0 Å². The van der Waals surface area contributed by atoms with Crippen LogP contribution in [0.15, 0.2) is 35.6 Å². The van der Waals surface area contributed by atoms with Crippen LogP contribution in [0.1, 0.15) is 5.69 Å². The molecule has 0 saturated carbocycles. The number of hydrogen-bond acceptors (Lipinski definition) is 4. The molecule has 4 N–H and O–H groups in total. The van der Waals surface area contributed by atoms with Gasteiger partial charge < -0.3 is 10.7 Å². The normalized spacial score (nSPS) is 11.6. The predicted octanol–water partition coefficient (Wildman–Crippen LogP) is 1.12. The number of imidazole rings is 1. The molecule has 8 heteroatoms. The Bertz CT molecular complexity index is 640. The average Bonchev–Trinajstić information content (AvgIpc) is 2.83. The first-order valence-corrected chi connectivity index (χ1v) is 6.87. The molecule has 0 fully saturated rings. The zero-order valence-corrected chi connectivity index (χ0v) is 10.8. The molecular formula is C10H11ClN4O2S. The first kappa shape index (κ1) is 12.9. The van der Waals surface area contributed by atoms with Gasteiger partial charge in [0.15, 0.2) is 0 Å². The van der Waals surface area contributed by atoms with E-state index in [0.29, 0.717) is 10.7 Å². The molecular weight excluding hydrogens is 276 g/mol. The third kappa shape index (κ3) is 2.81. The van der Waals surface area contributed by atoms with Crippen molar-refractivity contribution in [1.29, 1.82) is 0 Å². The van der Waals surface area contributed by atoms with Crippen molar-refractivity contribution in [2.75, 3.05) is 5.73 Å². The van der Waals surface area contributed by atoms with Crippen molar-refractivity contribution in [3.63, 3.8) is 0 Å². The number of nitrogens with zero attached hydrogens (tertiary/aromatic N) is 1. The molecule has 0 aliphatic carbocycles. The summed E-state index contributed by atoms with van der Waals surface area (Å²) >= 11 is 5.76. The van der Waals surface area contributed by atoms with E-state index in [2.05, 4.69) is 14.7 Å². The van der Waals surface area contributed by atoms with E-state index in [0.717, 1.165) is 0 Å². The Morgan fingerprint density at radius 1 is 1.44 bits per heavy atom. The molecule has 0 aliphatic heterocycles. The minimum absolute atomic E-state index is 0.0329. The highest BCUT2D eigenvalue weighted by Gasteiger charge is 2.17. The molecule has 18 heavy (non-hydrogen) atoms. The van der Waals surface area contributed by atoms with Gasteiger partial charge in [-0.25, -0.2) is 18.1 Å². The number of aromatic nitrogens is 2. The van der Waals surface area contributed by atoms with E-state index in [-0.39, 0.29) is 17.1 Å². The first-order chi connectivity index (χ1) is 8.49. The van der Waals surface area contributed by atoms with E-state index < -0.39 is 10.0 Å². The fourth-order valence-corrected chi connectivity index (χ4v) is 2.77. The number of nitrogen functional groups attached to an aromatic ring is 1. The van der Waals surface area contributed by atoms with Crippen LogP contribution in [0.2, 0.25) is 5.02 Å². The number of benzene rings is 1. The Balaban J connectivity index is 2.22. The summed E-state index contributed by atoms with van der Waals surface area (Å²) < 4.78 is 26.4. The quantitative estimate of drug-likeness (QED) is 0.733. The average molecular weight is 287 g/mol. The minimum atomic E-state index is -3.70. The Labute approximate surface area is 109 Å². The molecule has 6 nitrogen and oxygen atoms in total. The van der Waals surface area contributed by atoms with Gasteiger partial charge in [0.25, 0.3) is 0 Å². The Morgan fingerprint density at radius 3 is 2.89 bits per heavy atom. The van der Waals surface area contributed by atoms with Gasteiger partial charge in [-0.2, -0.15) is 0 Å². The number of rotatable bonds is 4. The first-order valence-electron chi connectivity index (χ1n) is 5.01. The van der Waals surface area contributed by atoms with Gasteiger partial charge in [0.1, 0.15) is 4.90 Å². The van der Waals surface area contributed by atoms with Gasteiger partial charge >= 0.3 is 0 Å². The molecule has 0 radical (unpaired) electrons. The van der Waals surface area contributed by atoms with Crippen LogP contribution in [0.4, 0.5) is 5.69 Å². The second-order valence-electron chi connectivity index (χ2n) is 3.58. The van der Waals surface area contributed by atoms with Crippen molar-refractivity contribution < 1.29 is 8.42 Å². The molecule has 0 saturated heterocycles. The highest BCUT2D eigenvalue weighted by atomic mass is 35.5. The van der Waals surface area contributed by atoms with Crippen molar-refractivity contribution in [3.05, 3.63) is 41.4 Å². The lowest BCUT2D eigenvalue weighted by atomic mass is 10.3. The summed E-state index contributed by atoms with van der Waals surface area (Å²) in [4.78, 5) is 6.55. The molecule has 0 unspecified atom stereocenters. The Hall–Kier alpha value is -1.57. The number of aromatic amines is 1. The van der Waals surface area contributed by atoms with Crippen molar-refractivity contribution in [3.8, 4) is 0 Å². The zero-order chi connectivity index (χ0) is 13.2. The van der Waals surface area contributed by atoms with Gasteiger partial charge in [0.05, 0.1) is 18.6 Å². The number of halogens is 1. The van der Waals surface area contributed by atoms with Gasteiger partial charge in [-0.05, 0) is 18.2 Å². The molecule has 0 amide bonds. The highest BCUT2D eigenvalue weighted by Crippen LogP contribution is 2.22. The maximum atomic E-state index is 12.0. The van der Waals surface area contributed by atoms with Crippen LogP contribution in [0.25, 0.3) is 0 Å². The van der Waals surface area contributed by atoms with Crippen LogP contribution in [-0.4, -0.2) is 18.4 Å². The summed E-state index contributed by atoms with van der Waals surface area (Å²) in [6, 6.07) is 4.30. The van der Waals surface area contributed by atoms with Crippen LogP contribution in [0.5, 0.6) is 0 Å². The third-order valence-electron chi connectivity index (χ3n) is 2.27. The Kier molecular flexibility index (Phi) is 3.55. The SMILES string of the molecule is Nc1ccc(Cl)cc1S(=O)(=O)NCc1cnc[nH]1. The summed E-state index contributed by atoms with van der Waals surface area (Å²) in [5.41, 5.74) is 6.43. The van der Waals surface area contributed by atoms with E-state index in [1.165, 1.54) is 30.7 Å². The van der Waals surface area contributed by atoms with Gasteiger partial charge in [0, 0.05) is 16.9 Å². The van der Waals surface area contributed by atoms with E-state index in [1.807, 2.05) is 0 Å². The van der Waals surface area contributed by atoms with Crippen molar-refractivity contribution in [2.45, 2.75) is 11.4 Å². The van der Waals surface area contributed by atoms with Gasteiger partial charge in [-0.15, -0.1) is 0 Å². The zero-order valence-electron chi connectivity index (χ0n) is 9.22. The van der Waals surface area contributed by atoms with Crippen LogP contribution in [-0.2, 0) is 16.6 Å². The summed E-state index contributed by atoms with van der Waals surface area (Å²) in [6.07, 6.45) is 3.00. The minimum Gasteiger partial charge on any atom is -0.398 e. The Morgan fingerprint density at radius 2 is 2.22 bits per heavy atom. The second-order valence-corrected chi connectivity index (χ2v) is 5.76. The number of hydrogen-bond donors (Lipinski definition) is 3. The predicted molar refractivity (Wildman–Crippen MR) is 68.5 cm³/mol. The molecule has 1 aromatic heterocycles. The van der Waals surface area contributed by atoms with Crippen molar-refractivity contribution in [1.82, 2.24) is 14.7 Å². The summed E-state index contributed by atoms with van der Waals surface area (Å²) in [5.74, 6) is 0. The van der Waals surface area contributed by atoms with Crippen LogP contribution < -0.4 is 10.5 Å². The fourth-order valence-electron chi connectivity index (χ4n) is 1.37. The molecule has 2 aromatic rings.